The molecular weight excluding hydrogens is 252 g/mol. The van der Waals surface area contributed by atoms with Crippen molar-refractivity contribution in [1.29, 1.82) is 0 Å². The standard InChI is InChI=1S/C12H18N2O5/c1-12(2,3)19-8(15)6-7-9(16)13(4)11(18)14(5)10(7)17/h7H,6H2,1-5H3. The Morgan fingerprint density at radius 3 is 1.89 bits per heavy atom. The molecule has 0 aromatic heterocycles. The fourth-order valence-electron chi connectivity index (χ4n) is 1.71. The van der Waals surface area contributed by atoms with Gasteiger partial charge >= 0.3 is 12.0 Å². The lowest BCUT2D eigenvalue weighted by atomic mass is 10.00. The fourth-order valence-corrected chi connectivity index (χ4v) is 1.71. The molecule has 0 aliphatic carbocycles. The number of esters is 1. The minimum absolute atomic E-state index is 0.364. The highest BCUT2D eigenvalue weighted by molar-refractivity contribution is 6.16. The number of nitrogens with zero attached hydrogens (tertiary/aromatic N) is 2. The van der Waals surface area contributed by atoms with Crippen LogP contribution in [0.5, 0.6) is 0 Å². The van der Waals surface area contributed by atoms with E-state index in [1.54, 1.807) is 20.8 Å². The van der Waals surface area contributed by atoms with Gasteiger partial charge in [0.05, 0.1) is 6.42 Å². The summed E-state index contributed by atoms with van der Waals surface area (Å²) in [6, 6.07) is -0.699. The van der Waals surface area contributed by atoms with E-state index in [4.69, 9.17) is 4.74 Å². The molecule has 19 heavy (non-hydrogen) atoms. The zero-order valence-electron chi connectivity index (χ0n) is 11.7. The number of hydrogen-bond acceptors (Lipinski definition) is 5. The quantitative estimate of drug-likeness (QED) is 0.535. The Kier molecular flexibility index (Phi) is 3.97. The Bertz CT molecular complexity index is 414. The van der Waals surface area contributed by atoms with Crippen LogP contribution in [-0.4, -0.2) is 53.3 Å². The number of ether oxygens (including phenoxy) is 1. The molecule has 1 fully saturated rings. The molecule has 0 N–H and O–H groups in total. The first-order valence-electron chi connectivity index (χ1n) is 5.85. The maximum Gasteiger partial charge on any atom is 0.332 e. The molecule has 106 valence electrons. The molecule has 0 spiro atoms. The zero-order valence-corrected chi connectivity index (χ0v) is 11.7. The number of imide groups is 2. The van der Waals surface area contributed by atoms with E-state index < -0.39 is 35.3 Å². The Hall–Kier alpha value is -1.92. The first-order valence-corrected chi connectivity index (χ1v) is 5.85. The van der Waals surface area contributed by atoms with Gasteiger partial charge in [0.1, 0.15) is 11.5 Å². The van der Waals surface area contributed by atoms with Gasteiger partial charge in [0.2, 0.25) is 11.8 Å². The average Bonchev–Trinajstić information content (AvgIpc) is 2.27. The van der Waals surface area contributed by atoms with Crippen molar-refractivity contribution in [3.63, 3.8) is 0 Å². The summed E-state index contributed by atoms with van der Waals surface area (Å²) >= 11 is 0. The van der Waals surface area contributed by atoms with E-state index in [1.165, 1.54) is 14.1 Å². The minimum atomic E-state index is -1.19. The highest BCUT2D eigenvalue weighted by Crippen LogP contribution is 2.20. The summed E-state index contributed by atoms with van der Waals surface area (Å²) in [6.45, 7) is 5.07. The van der Waals surface area contributed by atoms with Crippen LogP contribution in [0.3, 0.4) is 0 Å². The summed E-state index contributed by atoms with van der Waals surface area (Å²) in [5.74, 6) is -3.20. The Morgan fingerprint density at radius 2 is 1.53 bits per heavy atom. The van der Waals surface area contributed by atoms with Gasteiger partial charge in [0.25, 0.3) is 0 Å². The third-order valence-corrected chi connectivity index (χ3v) is 2.62. The van der Waals surface area contributed by atoms with Gasteiger partial charge in [-0.25, -0.2) is 4.79 Å². The molecule has 0 radical (unpaired) electrons. The van der Waals surface area contributed by atoms with E-state index in [0.717, 1.165) is 9.80 Å². The van der Waals surface area contributed by atoms with E-state index in [-0.39, 0.29) is 6.42 Å². The molecule has 1 aliphatic rings. The van der Waals surface area contributed by atoms with Crippen molar-refractivity contribution < 1.29 is 23.9 Å². The third-order valence-electron chi connectivity index (χ3n) is 2.62. The molecule has 0 atom stereocenters. The fraction of sp³-hybridized carbons (Fsp3) is 0.667. The van der Waals surface area contributed by atoms with Gasteiger partial charge in [-0.05, 0) is 20.8 Å². The molecule has 0 saturated carbocycles. The predicted octanol–water partition coefficient (Wildman–Crippen LogP) is 0.385. The number of barbiturate groups is 1. The first kappa shape index (κ1) is 15.1. The van der Waals surface area contributed by atoms with Crippen LogP contribution in [0.1, 0.15) is 27.2 Å². The number of hydrogen-bond donors (Lipinski definition) is 0. The molecule has 0 aromatic carbocycles. The van der Waals surface area contributed by atoms with Gasteiger partial charge in [0.15, 0.2) is 0 Å². The lowest BCUT2D eigenvalue weighted by molar-refractivity contribution is -0.162. The SMILES string of the molecule is CN1C(=O)C(CC(=O)OC(C)(C)C)C(=O)N(C)C1=O. The number of rotatable bonds is 2. The van der Waals surface area contributed by atoms with Gasteiger partial charge in [-0.15, -0.1) is 0 Å². The number of amides is 4. The Labute approximate surface area is 111 Å². The Balaban J connectivity index is 2.82. The van der Waals surface area contributed by atoms with Crippen LogP contribution in [0.4, 0.5) is 4.79 Å². The van der Waals surface area contributed by atoms with E-state index in [0.29, 0.717) is 0 Å². The van der Waals surface area contributed by atoms with E-state index in [2.05, 4.69) is 0 Å². The highest BCUT2D eigenvalue weighted by atomic mass is 16.6. The van der Waals surface area contributed by atoms with Crippen LogP contribution in [0.15, 0.2) is 0 Å². The minimum Gasteiger partial charge on any atom is -0.460 e. The molecule has 1 rings (SSSR count). The second-order valence-corrected chi connectivity index (χ2v) is 5.42. The second-order valence-electron chi connectivity index (χ2n) is 5.42. The molecule has 1 heterocycles. The second kappa shape index (κ2) is 4.99. The summed E-state index contributed by atoms with van der Waals surface area (Å²) in [6.07, 6.45) is -0.364. The Morgan fingerprint density at radius 1 is 1.11 bits per heavy atom. The van der Waals surface area contributed by atoms with Crippen molar-refractivity contribution in [3.8, 4) is 0 Å². The first-order chi connectivity index (χ1) is 8.54. The summed E-state index contributed by atoms with van der Waals surface area (Å²) < 4.78 is 5.07. The van der Waals surface area contributed by atoms with Crippen molar-refractivity contribution >= 4 is 23.8 Å². The molecule has 4 amide bonds. The summed E-state index contributed by atoms with van der Waals surface area (Å²) in [5, 5.41) is 0. The summed E-state index contributed by atoms with van der Waals surface area (Å²) in [5.41, 5.74) is -0.689. The van der Waals surface area contributed by atoms with Crippen LogP contribution in [0.25, 0.3) is 0 Å². The van der Waals surface area contributed by atoms with E-state index in [1.807, 2.05) is 0 Å². The lowest BCUT2D eigenvalue weighted by Crippen LogP contribution is -2.57. The maximum atomic E-state index is 11.8. The van der Waals surface area contributed by atoms with Gasteiger partial charge in [-0.1, -0.05) is 0 Å². The number of urea groups is 1. The van der Waals surface area contributed by atoms with Crippen molar-refractivity contribution in [2.75, 3.05) is 14.1 Å². The van der Waals surface area contributed by atoms with Crippen molar-refractivity contribution in [1.82, 2.24) is 9.80 Å². The van der Waals surface area contributed by atoms with Gasteiger partial charge < -0.3 is 4.74 Å². The van der Waals surface area contributed by atoms with Crippen LogP contribution < -0.4 is 0 Å². The average molecular weight is 270 g/mol. The number of carbonyl (C=O) groups is 4. The molecule has 1 aliphatic heterocycles. The van der Waals surface area contributed by atoms with E-state index in [9.17, 15) is 19.2 Å². The smallest absolute Gasteiger partial charge is 0.332 e. The molecule has 7 nitrogen and oxygen atoms in total. The van der Waals surface area contributed by atoms with Crippen molar-refractivity contribution in [2.45, 2.75) is 32.8 Å². The monoisotopic (exact) mass is 270 g/mol. The van der Waals surface area contributed by atoms with Gasteiger partial charge in [-0.2, -0.15) is 0 Å². The van der Waals surface area contributed by atoms with Crippen LogP contribution in [-0.2, 0) is 19.1 Å². The highest BCUT2D eigenvalue weighted by Gasteiger charge is 2.43. The predicted molar refractivity (Wildman–Crippen MR) is 64.9 cm³/mol. The van der Waals surface area contributed by atoms with Crippen LogP contribution >= 0.6 is 0 Å². The third kappa shape index (κ3) is 3.30. The van der Waals surface area contributed by atoms with Crippen LogP contribution in [0, 0.1) is 5.92 Å². The topological polar surface area (TPSA) is 84.0 Å². The summed E-state index contributed by atoms with van der Waals surface area (Å²) in [4.78, 5) is 48.5. The molecule has 0 bridgehead atoms. The normalized spacial score (nSPS) is 18.1. The maximum absolute atomic E-state index is 11.8. The zero-order chi connectivity index (χ0) is 15.0. The molecular formula is C12H18N2O5. The van der Waals surface area contributed by atoms with Crippen molar-refractivity contribution in [2.24, 2.45) is 5.92 Å². The van der Waals surface area contributed by atoms with E-state index >= 15 is 0 Å². The lowest BCUT2D eigenvalue weighted by Gasteiger charge is -2.32. The van der Waals surface area contributed by atoms with Crippen molar-refractivity contribution in [3.05, 3.63) is 0 Å². The van der Waals surface area contributed by atoms with Gasteiger partial charge in [-0.3, -0.25) is 24.2 Å². The summed E-state index contributed by atoms with van der Waals surface area (Å²) in [7, 11) is 2.55. The largest absolute Gasteiger partial charge is 0.460 e. The molecule has 0 unspecified atom stereocenters. The van der Waals surface area contributed by atoms with Gasteiger partial charge in [0, 0.05) is 14.1 Å². The molecule has 0 aromatic rings. The number of carbonyl (C=O) groups excluding carboxylic acids is 4. The molecule has 7 heteroatoms. The molecule has 1 saturated heterocycles. The van der Waals surface area contributed by atoms with Crippen LogP contribution in [0.2, 0.25) is 0 Å².